The maximum absolute atomic E-state index is 7.31. The number of amidine groups is 1. The lowest BCUT2D eigenvalue weighted by Crippen LogP contribution is -2.14. The van der Waals surface area contributed by atoms with Crippen LogP contribution in [-0.2, 0) is 0 Å². The summed E-state index contributed by atoms with van der Waals surface area (Å²) < 4.78 is 5.62. The largest absolute Gasteiger partial charge is 0.456 e. The van der Waals surface area contributed by atoms with E-state index < -0.39 is 0 Å². The van der Waals surface area contributed by atoms with Crippen LogP contribution in [0.1, 0.15) is 24.3 Å². The summed E-state index contributed by atoms with van der Waals surface area (Å²) in [5.74, 6) is -0.102. The topological polar surface area (TPSA) is 84.9 Å². The van der Waals surface area contributed by atoms with Gasteiger partial charge in [0, 0.05) is 6.20 Å². The van der Waals surface area contributed by atoms with Gasteiger partial charge in [0.05, 0.1) is 0 Å². The summed E-state index contributed by atoms with van der Waals surface area (Å²) in [5.41, 5.74) is 6.76. The van der Waals surface area contributed by atoms with Gasteiger partial charge in [-0.25, -0.2) is 4.98 Å². The van der Waals surface area contributed by atoms with E-state index in [2.05, 4.69) is 9.97 Å². The molecule has 0 aliphatic carbocycles. The number of hydrogen-bond donors (Lipinski definition) is 2. The van der Waals surface area contributed by atoms with Crippen molar-refractivity contribution < 1.29 is 4.74 Å². The third-order valence-corrected chi connectivity index (χ3v) is 2.46. The second-order valence-corrected chi connectivity index (χ2v) is 3.81. The van der Waals surface area contributed by atoms with E-state index in [1.807, 2.05) is 37.3 Å². The monoisotopic (exact) mass is 242 g/mol. The number of nitrogens with one attached hydrogen (secondary N) is 1. The molecule has 3 N–H and O–H groups in total. The highest BCUT2D eigenvalue weighted by molar-refractivity contribution is 5.92. The lowest BCUT2D eigenvalue weighted by Gasteiger charge is -2.13. The van der Waals surface area contributed by atoms with Crippen LogP contribution in [0.3, 0.4) is 0 Å². The van der Waals surface area contributed by atoms with E-state index in [0.29, 0.717) is 5.69 Å². The van der Waals surface area contributed by atoms with Crippen molar-refractivity contribution in [2.24, 2.45) is 5.73 Å². The maximum atomic E-state index is 7.31. The zero-order valence-electron chi connectivity index (χ0n) is 10.00. The van der Waals surface area contributed by atoms with E-state index >= 15 is 0 Å². The van der Waals surface area contributed by atoms with Crippen LogP contribution in [0.5, 0.6) is 6.01 Å². The highest BCUT2D eigenvalue weighted by Gasteiger charge is 2.09. The van der Waals surface area contributed by atoms with Crippen LogP contribution in [0.25, 0.3) is 0 Å². The van der Waals surface area contributed by atoms with Crippen LogP contribution in [0.2, 0.25) is 0 Å². The summed E-state index contributed by atoms with van der Waals surface area (Å²) in [4.78, 5) is 8.06. The van der Waals surface area contributed by atoms with E-state index in [0.717, 1.165) is 5.56 Å². The van der Waals surface area contributed by atoms with Crippen LogP contribution < -0.4 is 10.5 Å². The van der Waals surface area contributed by atoms with Crippen LogP contribution >= 0.6 is 0 Å². The Morgan fingerprint density at radius 3 is 2.67 bits per heavy atom. The normalized spacial score (nSPS) is 11.8. The first-order valence-electron chi connectivity index (χ1n) is 5.56. The van der Waals surface area contributed by atoms with Crippen molar-refractivity contribution in [1.29, 1.82) is 5.41 Å². The second kappa shape index (κ2) is 5.27. The van der Waals surface area contributed by atoms with Crippen molar-refractivity contribution in [2.45, 2.75) is 13.0 Å². The quantitative estimate of drug-likeness (QED) is 0.633. The molecule has 0 aliphatic rings. The Balaban J connectivity index is 2.14. The van der Waals surface area contributed by atoms with Crippen LogP contribution in [0.15, 0.2) is 42.6 Å². The Bertz CT molecular complexity index is 542. The standard InChI is InChI=1S/C13H14N4O/c1-9(10-5-3-2-4-6-10)18-13-16-8-7-11(17-13)12(14)15/h2-9H,1H3,(H3,14,15). The molecule has 0 radical (unpaired) electrons. The molecule has 0 aliphatic heterocycles. The summed E-state index contributed by atoms with van der Waals surface area (Å²) in [6.45, 7) is 1.92. The Kier molecular flexibility index (Phi) is 3.52. The lowest BCUT2D eigenvalue weighted by molar-refractivity contribution is 0.207. The fourth-order valence-electron chi connectivity index (χ4n) is 1.50. The first-order chi connectivity index (χ1) is 8.66. The van der Waals surface area contributed by atoms with Crippen molar-refractivity contribution in [1.82, 2.24) is 9.97 Å². The molecular formula is C13H14N4O. The molecule has 1 aromatic carbocycles. The van der Waals surface area contributed by atoms with Gasteiger partial charge in [0.15, 0.2) is 0 Å². The number of nitrogens with two attached hydrogens (primary N) is 1. The first-order valence-corrected chi connectivity index (χ1v) is 5.56. The number of rotatable bonds is 4. The van der Waals surface area contributed by atoms with E-state index in [-0.39, 0.29) is 18.0 Å². The summed E-state index contributed by atoms with van der Waals surface area (Å²) in [7, 11) is 0. The van der Waals surface area contributed by atoms with E-state index in [1.165, 1.54) is 6.20 Å². The molecule has 0 fully saturated rings. The molecule has 2 rings (SSSR count). The molecule has 2 aromatic rings. The summed E-state index contributed by atoms with van der Waals surface area (Å²) >= 11 is 0. The highest BCUT2D eigenvalue weighted by atomic mass is 16.5. The molecule has 1 heterocycles. The number of hydrogen-bond acceptors (Lipinski definition) is 4. The Hall–Kier alpha value is -2.43. The van der Waals surface area contributed by atoms with Crippen molar-refractivity contribution >= 4 is 5.84 Å². The molecule has 1 aromatic heterocycles. The SMILES string of the molecule is CC(Oc1nccc(C(=N)N)n1)c1ccccc1. The van der Waals surface area contributed by atoms with Gasteiger partial charge in [0.2, 0.25) is 0 Å². The minimum Gasteiger partial charge on any atom is -0.456 e. The molecule has 1 atom stereocenters. The minimum absolute atomic E-state index is 0.102. The van der Waals surface area contributed by atoms with E-state index in [9.17, 15) is 0 Å². The summed E-state index contributed by atoms with van der Waals surface area (Å²) in [5, 5.41) is 7.31. The van der Waals surface area contributed by atoms with Gasteiger partial charge in [-0.3, -0.25) is 5.41 Å². The summed E-state index contributed by atoms with van der Waals surface area (Å²) in [6.07, 6.45) is 1.37. The molecule has 0 saturated heterocycles. The third-order valence-electron chi connectivity index (χ3n) is 2.46. The molecule has 0 bridgehead atoms. The zero-order valence-corrected chi connectivity index (χ0v) is 10.00. The second-order valence-electron chi connectivity index (χ2n) is 3.81. The van der Waals surface area contributed by atoms with Crippen LogP contribution in [0, 0.1) is 5.41 Å². The maximum Gasteiger partial charge on any atom is 0.317 e. The molecule has 5 heteroatoms. The lowest BCUT2D eigenvalue weighted by atomic mass is 10.1. The molecule has 0 saturated carbocycles. The number of nitrogens with zero attached hydrogens (tertiary/aromatic N) is 2. The number of ether oxygens (including phenoxy) is 1. The summed E-state index contributed by atoms with van der Waals surface area (Å²) in [6, 6.07) is 11.6. The minimum atomic E-state index is -0.159. The van der Waals surface area contributed by atoms with Crippen molar-refractivity contribution in [2.75, 3.05) is 0 Å². The predicted molar refractivity (Wildman–Crippen MR) is 68.5 cm³/mol. The van der Waals surface area contributed by atoms with Gasteiger partial charge < -0.3 is 10.5 Å². The average Bonchev–Trinajstić information content (AvgIpc) is 2.40. The fraction of sp³-hybridized carbons (Fsp3) is 0.154. The van der Waals surface area contributed by atoms with Crippen molar-refractivity contribution in [3.05, 3.63) is 53.9 Å². The van der Waals surface area contributed by atoms with Gasteiger partial charge in [-0.05, 0) is 18.6 Å². The molecule has 0 amide bonds. The van der Waals surface area contributed by atoms with Gasteiger partial charge in [0.1, 0.15) is 17.6 Å². The molecule has 5 nitrogen and oxygen atoms in total. The first kappa shape index (κ1) is 12.0. The molecule has 0 spiro atoms. The predicted octanol–water partition coefficient (Wildman–Crippen LogP) is 1.90. The zero-order chi connectivity index (χ0) is 13.0. The number of benzene rings is 1. The number of aromatic nitrogens is 2. The van der Waals surface area contributed by atoms with E-state index in [1.54, 1.807) is 6.07 Å². The van der Waals surface area contributed by atoms with Gasteiger partial charge in [-0.1, -0.05) is 30.3 Å². The van der Waals surface area contributed by atoms with Gasteiger partial charge in [-0.2, -0.15) is 4.98 Å². The Morgan fingerprint density at radius 1 is 1.28 bits per heavy atom. The molecule has 92 valence electrons. The van der Waals surface area contributed by atoms with E-state index in [4.69, 9.17) is 15.9 Å². The highest BCUT2D eigenvalue weighted by Crippen LogP contribution is 2.17. The Morgan fingerprint density at radius 2 is 2.00 bits per heavy atom. The third kappa shape index (κ3) is 2.82. The molecule has 1 unspecified atom stereocenters. The van der Waals surface area contributed by atoms with Crippen LogP contribution in [0.4, 0.5) is 0 Å². The van der Waals surface area contributed by atoms with Crippen molar-refractivity contribution in [3.8, 4) is 6.01 Å². The average molecular weight is 242 g/mol. The van der Waals surface area contributed by atoms with Crippen LogP contribution in [-0.4, -0.2) is 15.8 Å². The van der Waals surface area contributed by atoms with Crippen molar-refractivity contribution in [3.63, 3.8) is 0 Å². The van der Waals surface area contributed by atoms with Gasteiger partial charge in [0.25, 0.3) is 0 Å². The van der Waals surface area contributed by atoms with Gasteiger partial charge in [-0.15, -0.1) is 0 Å². The smallest absolute Gasteiger partial charge is 0.317 e. The fourth-order valence-corrected chi connectivity index (χ4v) is 1.50. The Labute approximate surface area is 105 Å². The number of nitrogen functional groups attached to an aromatic ring is 1. The molecular weight excluding hydrogens is 228 g/mol. The molecule has 18 heavy (non-hydrogen) atoms. The van der Waals surface area contributed by atoms with Gasteiger partial charge >= 0.3 is 6.01 Å².